The normalized spacial score (nSPS) is 9.52. The molecule has 0 aliphatic heterocycles. The van der Waals surface area contributed by atoms with Gasteiger partial charge in [0.25, 0.3) is 0 Å². The number of nitrogens with one attached hydrogen (secondary N) is 2. The zero-order chi connectivity index (χ0) is 24.2. The first-order valence-electron chi connectivity index (χ1n) is 11.0. The monoisotopic (exact) mass is 433 g/mol. The minimum absolute atomic E-state index is 0.0108. The second kappa shape index (κ2) is 19.4. The Hall–Kier alpha value is -2.54. The number of Topliss-reactive ketones (excluding diaryl/α,β-unsaturated/α-hetero) is 1. The van der Waals surface area contributed by atoms with Crippen molar-refractivity contribution in [1.82, 2.24) is 25.6 Å². The number of amides is 1. The maximum Gasteiger partial charge on any atom is 0.234 e. The predicted molar refractivity (Wildman–Crippen MR) is 129 cm³/mol. The third-order valence-electron chi connectivity index (χ3n) is 3.05. The number of carbonyl (C=O) groups is 2. The Labute approximate surface area is 189 Å². The lowest BCUT2D eigenvalue weighted by Gasteiger charge is -2.07. The molecule has 176 valence electrons. The number of benzene rings is 1. The molecule has 0 fully saturated rings. The number of aromatic nitrogens is 3. The Morgan fingerprint density at radius 2 is 1.58 bits per heavy atom. The summed E-state index contributed by atoms with van der Waals surface area (Å²) in [6.07, 6.45) is 1.65. The average molecular weight is 434 g/mol. The van der Waals surface area contributed by atoms with E-state index in [1.54, 1.807) is 6.20 Å². The molecule has 0 bridgehead atoms. The Bertz CT molecular complexity index is 694. The quantitative estimate of drug-likeness (QED) is 0.684. The Morgan fingerprint density at radius 1 is 1.03 bits per heavy atom. The van der Waals surface area contributed by atoms with Gasteiger partial charge in [0.1, 0.15) is 12.2 Å². The number of ketones is 1. The lowest BCUT2D eigenvalue weighted by Crippen LogP contribution is -2.36. The van der Waals surface area contributed by atoms with Gasteiger partial charge in [0, 0.05) is 6.04 Å². The third-order valence-corrected chi connectivity index (χ3v) is 3.05. The van der Waals surface area contributed by atoms with Crippen LogP contribution >= 0.6 is 0 Å². The number of hydrogen-bond donors (Lipinski definition) is 2. The fourth-order valence-electron chi connectivity index (χ4n) is 1.81. The summed E-state index contributed by atoms with van der Waals surface area (Å²) in [4.78, 5) is 22.3. The minimum atomic E-state index is -0.0928. The van der Waals surface area contributed by atoms with Gasteiger partial charge in [-0.15, -0.1) is 5.10 Å². The molecule has 1 amide bonds. The van der Waals surface area contributed by atoms with Crippen LogP contribution in [0.4, 0.5) is 0 Å². The van der Waals surface area contributed by atoms with E-state index in [2.05, 4.69) is 60.8 Å². The van der Waals surface area contributed by atoms with Crippen LogP contribution in [0.25, 0.3) is 0 Å². The summed E-state index contributed by atoms with van der Waals surface area (Å²) in [5.41, 5.74) is 1.96. The van der Waals surface area contributed by atoms with E-state index >= 15 is 0 Å². The first kappa shape index (κ1) is 30.7. The maximum atomic E-state index is 11.4. The van der Waals surface area contributed by atoms with Crippen LogP contribution in [0.1, 0.15) is 66.6 Å². The first-order valence-corrected chi connectivity index (χ1v) is 11.0. The molecule has 2 aromatic rings. The van der Waals surface area contributed by atoms with Crippen LogP contribution in [0.15, 0.2) is 36.5 Å². The van der Waals surface area contributed by atoms with E-state index in [0.717, 1.165) is 5.92 Å². The molecule has 7 heteroatoms. The van der Waals surface area contributed by atoms with Crippen LogP contribution in [0, 0.1) is 12.8 Å². The van der Waals surface area contributed by atoms with Crippen LogP contribution in [-0.4, -0.2) is 39.3 Å². The topological polar surface area (TPSA) is 88.9 Å². The lowest BCUT2D eigenvalue weighted by atomic mass is 10.2. The smallest absolute Gasteiger partial charge is 0.234 e. The summed E-state index contributed by atoms with van der Waals surface area (Å²) in [6.45, 7) is 18.8. The predicted octanol–water partition coefficient (Wildman–Crippen LogP) is 4.16. The summed E-state index contributed by atoms with van der Waals surface area (Å²) >= 11 is 0. The third kappa shape index (κ3) is 22.0. The van der Waals surface area contributed by atoms with E-state index in [1.807, 2.05) is 45.9 Å². The number of rotatable bonds is 7. The number of nitrogens with zero attached hydrogens (tertiary/aromatic N) is 3. The number of hydrogen-bond acceptors (Lipinski definition) is 5. The summed E-state index contributed by atoms with van der Waals surface area (Å²) < 4.78 is 1.45. The van der Waals surface area contributed by atoms with Crippen molar-refractivity contribution < 1.29 is 9.59 Å². The highest BCUT2D eigenvalue weighted by atomic mass is 16.2. The van der Waals surface area contributed by atoms with E-state index in [9.17, 15) is 9.59 Å². The second-order valence-corrected chi connectivity index (χ2v) is 7.81. The fraction of sp³-hybridized carbons (Fsp3) is 0.583. The summed E-state index contributed by atoms with van der Waals surface area (Å²) in [6, 6.07) is 10.5. The highest BCUT2D eigenvalue weighted by Crippen LogP contribution is 1.93. The standard InChI is InChI=1S/C11H19N5O2.C7H8.C4H10.C2H6/c1-8(2)12-5-11(18)13-4-10-7-16(15-14-10)6-9(3)17;1-7-5-3-2-4-6-7;1-4(2)3;1-2/h7-8,12H,4-6H2,1-3H3,(H,13,18);2-6H,1H3;4H,1-3H3;1-2H3. The highest BCUT2D eigenvalue weighted by molar-refractivity contribution is 5.78. The molecule has 2 N–H and O–H groups in total. The van der Waals surface area contributed by atoms with E-state index in [1.165, 1.54) is 17.2 Å². The summed E-state index contributed by atoms with van der Waals surface area (Å²) in [7, 11) is 0. The average Bonchev–Trinajstić information content (AvgIpc) is 3.13. The van der Waals surface area contributed by atoms with Crippen molar-refractivity contribution >= 4 is 11.7 Å². The minimum Gasteiger partial charge on any atom is -0.349 e. The van der Waals surface area contributed by atoms with Crippen LogP contribution in [0.3, 0.4) is 0 Å². The molecule has 1 aromatic heterocycles. The van der Waals surface area contributed by atoms with Gasteiger partial charge in [-0.25, -0.2) is 4.68 Å². The van der Waals surface area contributed by atoms with Gasteiger partial charge in [-0.1, -0.05) is 89.6 Å². The lowest BCUT2D eigenvalue weighted by molar-refractivity contribution is -0.120. The molecule has 1 heterocycles. The van der Waals surface area contributed by atoms with E-state index < -0.39 is 0 Å². The Morgan fingerprint density at radius 3 is 2.00 bits per heavy atom. The number of aryl methyl sites for hydroxylation is 1. The van der Waals surface area contributed by atoms with Crippen LogP contribution < -0.4 is 10.6 Å². The van der Waals surface area contributed by atoms with Gasteiger partial charge in [0.2, 0.25) is 5.91 Å². The summed E-state index contributed by atoms with van der Waals surface area (Å²) in [5.74, 6) is 0.751. The van der Waals surface area contributed by atoms with Gasteiger partial charge in [-0.2, -0.15) is 0 Å². The van der Waals surface area contributed by atoms with Gasteiger partial charge in [-0.3, -0.25) is 9.59 Å². The van der Waals surface area contributed by atoms with Crippen molar-refractivity contribution in [3.05, 3.63) is 47.8 Å². The molecule has 31 heavy (non-hydrogen) atoms. The molecule has 0 aliphatic carbocycles. The molecule has 0 radical (unpaired) electrons. The first-order chi connectivity index (χ1) is 14.6. The van der Waals surface area contributed by atoms with Gasteiger partial charge in [0.15, 0.2) is 5.78 Å². The zero-order valence-corrected chi connectivity index (χ0v) is 20.9. The Kier molecular flexibility index (Phi) is 19.2. The van der Waals surface area contributed by atoms with Crippen molar-refractivity contribution in [3.63, 3.8) is 0 Å². The largest absolute Gasteiger partial charge is 0.349 e. The molecule has 0 saturated carbocycles. The molecule has 0 unspecified atom stereocenters. The van der Waals surface area contributed by atoms with Gasteiger partial charge >= 0.3 is 0 Å². The number of carbonyl (C=O) groups excluding carboxylic acids is 2. The SMILES string of the molecule is CC.CC(=O)Cn1cc(CNC(=O)CNC(C)C)nn1.CC(C)C.Cc1ccccc1. The van der Waals surface area contributed by atoms with E-state index in [4.69, 9.17) is 0 Å². The van der Waals surface area contributed by atoms with Gasteiger partial charge in [0.05, 0.1) is 19.3 Å². The molecule has 0 atom stereocenters. The van der Waals surface area contributed by atoms with Crippen LogP contribution in [0.2, 0.25) is 0 Å². The van der Waals surface area contributed by atoms with Crippen LogP contribution in [-0.2, 0) is 22.7 Å². The summed E-state index contributed by atoms with van der Waals surface area (Å²) in [5, 5.41) is 13.4. The van der Waals surface area contributed by atoms with Crippen molar-refractivity contribution in [2.75, 3.05) is 6.54 Å². The van der Waals surface area contributed by atoms with Crippen LogP contribution in [0.5, 0.6) is 0 Å². The van der Waals surface area contributed by atoms with Crippen molar-refractivity contribution in [3.8, 4) is 0 Å². The van der Waals surface area contributed by atoms with Crippen molar-refractivity contribution in [2.45, 2.75) is 81.4 Å². The molecular weight excluding hydrogens is 390 g/mol. The van der Waals surface area contributed by atoms with Gasteiger partial charge in [-0.05, 0) is 19.8 Å². The van der Waals surface area contributed by atoms with Crippen molar-refractivity contribution in [1.29, 1.82) is 0 Å². The fourth-order valence-corrected chi connectivity index (χ4v) is 1.81. The molecule has 2 rings (SSSR count). The Balaban J connectivity index is 0. The maximum absolute atomic E-state index is 11.4. The second-order valence-electron chi connectivity index (χ2n) is 7.81. The molecule has 0 saturated heterocycles. The molecule has 7 nitrogen and oxygen atoms in total. The highest BCUT2D eigenvalue weighted by Gasteiger charge is 2.05. The molecule has 0 spiro atoms. The zero-order valence-electron chi connectivity index (χ0n) is 20.9. The molecule has 0 aliphatic rings. The molecular formula is C24H43N5O2. The van der Waals surface area contributed by atoms with E-state index in [0.29, 0.717) is 12.2 Å². The molecule has 1 aromatic carbocycles. The van der Waals surface area contributed by atoms with Gasteiger partial charge < -0.3 is 10.6 Å². The van der Waals surface area contributed by atoms with Crippen molar-refractivity contribution in [2.24, 2.45) is 5.92 Å². The van der Waals surface area contributed by atoms with E-state index in [-0.39, 0.29) is 30.8 Å².